The predicted octanol–water partition coefficient (Wildman–Crippen LogP) is 3.08. The second kappa shape index (κ2) is 6.47. The lowest BCUT2D eigenvalue weighted by molar-refractivity contribution is 0.570. The van der Waals surface area contributed by atoms with Crippen molar-refractivity contribution in [2.24, 2.45) is 5.14 Å². The molecule has 6 nitrogen and oxygen atoms in total. The number of fused-ring (bicyclic) bond motifs is 1. The maximum absolute atomic E-state index is 13.1. The van der Waals surface area contributed by atoms with E-state index in [0.29, 0.717) is 18.0 Å². The number of hydrogen-bond acceptors (Lipinski definition) is 5. The fourth-order valence-electron chi connectivity index (χ4n) is 3.37. The molecule has 0 saturated carbocycles. The normalized spacial score (nSPS) is 16.6. The van der Waals surface area contributed by atoms with Crippen LogP contribution >= 0.6 is 0 Å². The molecule has 1 atom stereocenters. The van der Waals surface area contributed by atoms with Crippen LogP contribution in [0.1, 0.15) is 18.2 Å². The summed E-state index contributed by atoms with van der Waals surface area (Å²) < 4.78 is 41.7. The smallest absolute Gasteiger partial charge is 0.238 e. The Kier molecular flexibility index (Phi) is 4.24. The van der Waals surface area contributed by atoms with Gasteiger partial charge in [0.25, 0.3) is 0 Å². The molecule has 0 spiro atoms. The van der Waals surface area contributed by atoms with Gasteiger partial charge in [-0.3, -0.25) is 0 Å². The number of sulfonamides is 1. The Morgan fingerprint density at radius 3 is 2.70 bits per heavy atom. The van der Waals surface area contributed by atoms with E-state index in [1.54, 1.807) is 30.5 Å². The minimum Gasteiger partial charge on any atom is -0.444 e. The average Bonchev–Trinajstić information content (AvgIpc) is 3.20. The molecule has 8 heteroatoms. The molecular weight excluding hydrogens is 369 g/mol. The summed E-state index contributed by atoms with van der Waals surface area (Å²) in [7, 11) is -3.72. The first kappa shape index (κ1) is 17.7. The fourth-order valence-corrected chi connectivity index (χ4v) is 3.93. The molecule has 2 aromatic carbocycles. The molecule has 4 rings (SSSR count). The van der Waals surface area contributed by atoms with Gasteiger partial charge in [0.1, 0.15) is 12.1 Å². The third-order valence-electron chi connectivity index (χ3n) is 4.71. The van der Waals surface area contributed by atoms with Gasteiger partial charge < -0.3 is 9.32 Å². The van der Waals surface area contributed by atoms with Crippen LogP contribution in [0.2, 0.25) is 0 Å². The Bertz CT molecular complexity index is 1090. The van der Waals surface area contributed by atoms with Crippen LogP contribution in [0, 0.1) is 5.82 Å². The van der Waals surface area contributed by atoms with E-state index in [0.717, 1.165) is 23.4 Å². The zero-order chi connectivity index (χ0) is 19.2. The fraction of sp³-hybridized carbons (Fsp3) is 0.211. The summed E-state index contributed by atoms with van der Waals surface area (Å²) in [6.45, 7) is 2.59. The minimum atomic E-state index is -3.72. The molecule has 140 valence electrons. The van der Waals surface area contributed by atoms with Crippen molar-refractivity contribution in [3.63, 3.8) is 0 Å². The highest BCUT2D eigenvalue weighted by atomic mass is 32.2. The standard InChI is InChI=1S/C19H18FN3O3S/c1-12-8-14-9-17(27(21,24)25)6-7-18(14)23(12)10-16-11-26-19(22-16)13-2-4-15(20)5-3-13/h2-7,9,11-12H,8,10H2,1H3,(H2,21,24,25). The van der Waals surface area contributed by atoms with Crippen LogP contribution in [0.4, 0.5) is 10.1 Å². The first-order chi connectivity index (χ1) is 12.8. The van der Waals surface area contributed by atoms with E-state index in [-0.39, 0.29) is 16.8 Å². The third-order valence-corrected chi connectivity index (χ3v) is 5.62. The van der Waals surface area contributed by atoms with E-state index < -0.39 is 10.0 Å². The van der Waals surface area contributed by atoms with Crippen molar-refractivity contribution in [1.29, 1.82) is 0 Å². The molecule has 2 N–H and O–H groups in total. The number of rotatable bonds is 4. The van der Waals surface area contributed by atoms with E-state index >= 15 is 0 Å². The molecule has 0 radical (unpaired) electrons. The number of oxazole rings is 1. The van der Waals surface area contributed by atoms with Crippen molar-refractivity contribution in [3.8, 4) is 11.5 Å². The summed E-state index contributed by atoms with van der Waals surface area (Å²) in [4.78, 5) is 6.76. The summed E-state index contributed by atoms with van der Waals surface area (Å²) in [6.07, 6.45) is 2.31. The number of nitrogens with two attached hydrogens (primary N) is 1. The minimum absolute atomic E-state index is 0.121. The highest BCUT2D eigenvalue weighted by Gasteiger charge is 2.28. The Morgan fingerprint density at radius 2 is 2.00 bits per heavy atom. The molecule has 0 fully saturated rings. The van der Waals surface area contributed by atoms with Gasteiger partial charge in [0, 0.05) is 17.3 Å². The number of benzene rings is 2. The predicted molar refractivity (Wildman–Crippen MR) is 99.1 cm³/mol. The molecule has 1 aromatic heterocycles. The third kappa shape index (κ3) is 3.45. The highest BCUT2D eigenvalue weighted by molar-refractivity contribution is 7.89. The number of nitrogens with zero attached hydrogens (tertiary/aromatic N) is 2. The van der Waals surface area contributed by atoms with Crippen LogP contribution in [0.5, 0.6) is 0 Å². The largest absolute Gasteiger partial charge is 0.444 e. The first-order valence-corrected chi connectivity index (χ1v) is 9.98. The van der Waals surface area contributed by atoms with E-state index in [2.05, 4.69) is 16.8 Å². The topological polar surface area (TPSA) is 89.4 Å². The number of halogens is 1. The molecule has 0 amide bonds. The Labute approximate surface area is 156 Å². The SMILES string of the molecule is CC1Cc2cc(S(N)(=O)=O)ccc2N1Cc1coc(-c2ccc(F)cc2)n1. The van der Waals surface area contributed by atoms with Crippen molar-refractivity contribution in [2.75, 3.05) is 4.90 Å². The zero-order valence-electron chi connectivity index (χ0n) is 14.6. The van der Waals surface area contributed by atoms with Crippen molar-refractivity contribution in [1.82, 2.24) is 4.98 Å². The lowest BCUT2D eigenvalue weighted by Gasteiger charge is -2.23. The van der Waals surface area contributed by atoms with Gasteiger partial charge in [0.05, 0.1) is 17.1 Å². The van der Waals surface area contributed by atoms with Gasteiger partial charge in [-0.2, -0.15) is 0 Å². The van der Waals surface area contributed by atoms with Crippen molar-refractivity contribution >= 4 is 15.7 Å². The van der Waals surface area contributed by atoms with Crippen LogP contribution in [0.3, 0.4) is 0 Å². The van der Waals surface area contributed by atoms with Crippen LogP contribution < -0.4 is 10.0 Å². The molecule has 0 saturated heterocycles. The second-order valence-electron chi connectivity index (χ2n) is 6.67. The van der Waals surface area contributed by atoms with Gasteiger partial charge in [0.2, 0.25) is 15.9 Å². The Balaban J connectivity index is 1.58. The lowest BCUT2D eigenvalue weighted by atomic mass is 10.1. The molecule has 1 aliphatic heterocycles. The Hall–Kier alpha value is -2.71. The zero-order valence-corrected chi connectivity index (χ0v) is 15.4. The summed E-state index contributed by atoms with van der Waals surface area (Å²) >= 11 is 0. The molecule has 1 aliphatic rings. The second-order valence-corrected chi connectivity index (χ2v) is 8.23. The van der Waals surface area contributed by atoms with Crippen molar-refractivity contribution in [2.45, 2.75) is 30.8 Å². The maximum Gasteiger partial charge on any atom is 0.238 e. The quantitative estimate of drug-likeness (QED) is 0.743. The van der Waals surface area contributed by atoms with Crippen molar-refractivity contribution < 1.29 is 17.2 Å². The summed E-state index contributed by atoms with van der Waals surface area (Å²) in [5, 5.41) is 5.22. The van der Waals surface area contributed by atoms with Gasteiger partial charge in [-0.25, -0.2) is 22.9 Å². The first-order valence-electron chi connectivity index (χ1n) is 8.44. The van der Waals surface area contributed by atoms with Gasteiger partial charge in [-0.05, 0) is 61.4 Å². The highest BCUT2D eigenvalue weighted by Crippen LogP contribution is 2.35. The van der Waals surface area contributed by atoms with Crippen LogP contribution in [-0.2, 0) is 23.0 Å². The average molecular weight is 387 g/mol. The van der Waals surface area contributed by atoms with Crippen LogP contribution in [0.25, 0.3) is 11.5 Å². The molecule has 0 aliphatic carbocycles. The number of anilines is 1. The number of aromatic nitrogens is 1. The lowest BCUT2D eigenvalue weighted by Crippen LogP contribution is -2.28. The van der Waals surface area contributed by atoms with Gasteiger partial charge in [-0.1, -0.05) is 0 Å². The van der Waals surface area contributed by atoms with E-state index in [9.17, 15) is 12.8 Å². The molecular formula is C19H18FN3O3S. The number of hydrogen-bond donors (Lipinski definition) is 1. The van der Waals surface area contributed by atoms with E-state index in [1.807, 2.05) is 0 Å². The Morgan fingerprint density at radius 1 is 1.26 bits per heavy atom. The molecule has 3 aromatic rings. The summed E-state index contributed by atoms with van der Waals surface area (Å²) in [5.74, 6) is 0.119. The summed E-state index contributed by atoms with van der Waals surface area (Å²) in [5.41, 5.74) is 3.34. The van der Waals surface area contributed by atoms with E-state index in [1.165, 1.54) is 18.2 Å². The molecule has 2 heterocycles. The monoisotopic (exact) mass is 387 g/mol. The van der Waals surface area contributed by atoms with Gasteiger partial charge in [0.15, 0.2) is 0 Å². The van der Waals surface area contributed by atoms with Crippen LogP contribution in [-0.4, -0.2) is 19.4 Å². The molecule has 27 heavy (non-hydrogen) atoms. The van der Waals surface area contributed by atoms with Gasteiger partial charge in [-0.15, -0.1) is 0 Å². The molecule has 1 unspecified atom stereocenters. The summed E-state index contributed by atoms with van der Waals surface area (Å²) in [6, 6.07) is 11.1. The van der Waals surface area contributed by atoms with E-state index in [4.69, 9.17) is 9.56 Å². The number of primary sulfonamides is 1. The van der Waals surface area contributed by atoms with Crippen molar-refractivity contribution in [3.05, 3.63) is 65.8 Å². The molecule has 0 bridgehead atoms. The van der Waals surface area contributed by atoms with Gasteiger partial charge >= 0.3 is 0 Å². The van der Waals surface area contributed by atoms with Crippen LogP contribution in [0.15, 0.2) is 58.0 Å². The maximum atomic E-state index is 13.1.